The average Bonchev–Trinajstić information content (AvgIpc) is 2.45. The molecule has 9 nitrogen and oxygen atoms in total. The van der Waals surface area contributed by atoms with Crippen LogP contribution in [0.4, 0.5) is 9.59 Å². The van der Waals surface area contributed by atoms with Crippen LogP contribution < -0.4 is 22.1 Å². The summed E-state index contributed by atoms with van der Waals surface area (Å²) in [7, 11) is -1.29. The van der Waals surface area contributed by atoms with Crippen molar-refractivity contribution in [2.75, 3.05) is 26.8 Å². The van der Waals surface area contributed by atoms with Gasteiger partial charge in [0, 0.05) is 32.9 Å². The number of urea groups is 2. The van der Waals surface area contributed by atoms with Crippen LogP contribution in [0.2, 0.25) is 6.04 Å². The lowest BCUT2D eigenvalue weighted by atomic mass is 10.2. The van der Waals surface area contributed by atoms with Gasteiger partial charge in [0.2, 0.25) is 0 Å². The molecule has 0 saturated heterocycles. The molecule has 0 radical (unpaired) electrons. The van der Waals surface area contributed by atoms with E-state index in [9.17, 15) is 9.59 Å². The van der Waals surface area contributed by atoms with Crippen molar-refractivity contribution in [3.63, 3.8) is 0 Å². The van der Waals surface area contributed by atoms with Crippen LogP contribution in [0.25, 0.3) is 0 Å². The van der Waals surface area contributed by atoms with Crippen LogP contribution in [0.1, 0.15) is 40.0 Å². The fourth-order valence-corrected chi connectivity index (χ4v) is 4.71. The second-order valence-electron chi connectivity index (χ2n) is 6.34. The second-order valence-corrected chi connectivity index (χ2v) is 9.11. The molecular formula is C14H32N4O5Si. The van der Waals surface area contributed by atoms with Gasteiger partial charge in [0.15, 0.2) is 0 Å². The van der Waals surface area contributed by atoms with Crippen LogP contribution >= 0.6 is 0 Å². The average molecular weight is 365 g/mol. The topological polar surface area (TPSA) is 138 Å². The van der Waals surface area contributed by atoms with E-state index in [1.165, 1.54) is 0 Å². The van der Waals surface area contributed by atoms with Gasteiger partial charge >= 0.3 is 20.9 Å². The van der Waals surface area contributed by atoms with Crippen molar-refractivity contribution in [2.24, 2.45) is 11.5 Å². The minimum atomic E-state index is -2.86. The number of carbonyl (C=O) groups is 2. The van der Waals surface area contributed by atoms with E-state index < -0.39 is 26.5 Å². The zero-order valence-electron chi connectivity index (χ0n) is 15.1. The van der Waals surface area contributed by atoms with Crippen LogP contribution in [-0.2, 0) is 13.3 Å². The van der Waals surface area contributed by atoms with Gasteiger partial charge in [-0.05, 0) is 40.0 Å². The predicted octanol–water partition coefficient (Wildman–Crippen LogP) is 0.910. The summed E-state index contributed by atoms with van der Waals surface area (Å²) >= 11 is 0. The van der Waals surface area contributed by atoms with Gasteiger partial charge < -0.3 is 35.4 Å². The number of unbranched alkanes of at least 4 members (excludes halogenated alkanes) is 1. The minimum absolute atomic E-state index is 0.410. The van der Waals surface area contributed by atoms with E-state index in [-0.39, 0.29) is 0 Å². The summed E-state index contributed by atoms with van der Waals surface area (Å²) in [5, 5.41) is 5.07. The van der Waals surface area contributed by atoms with Crippen molar-refractivity contribution >= 4 is 20.9 Å². The maximum atomic E-state index is 10.7. The van der Waals surface area contributed by atoms with Gasteiger partial charge in [-0.25, -0.2) is 9.59 Å². The maximum absolute atomic E-state index is 10.7. The second kappa shape index (κ2) is 11.2. The molecular weight excluding hydrogens is 332 g/mol. The normalized spacial score (nSPS) is 14.0. The molecule has 0 aliphatic rings. The zero-order valence-corrected chi connectivity index (χ0v) is 16.1. The van der Waals surface area contributed by atoms with Crippen LogP contribution in [0, 0.1) is 0 Å². The Labute approximate surface area is 145 Å². The summed E-state index contributed by atoms with van der Waals surface area (Å²) in [5.74, 6) is 0. The molecule has 0 bridgehead atoms. The number of primary amides is 2. The van der Waals surface area contributed by atoms with Crippen molar-refractivity contribution in [3.8, 4) is 0 Å². The summed E-state index contributed by atoms with van der Waals surface area (Å²) in [6, 6.07) is -0.519. The van der Waals surface area contributed by atoms with E-state index in [0.717, 1.165) is 12.8 Å². The van der Waals surface area contributed by atoms with Crippen LogP contribution in [0.15, 0.2) is 0 Å². The van der Waals surface area contributed by atoms with Gasteiger partial charge in [0.25, 0.3) is 0 Å². The van der Waals surface area contributed by atoms with Crippen LogP contribution in [0.5, 0.6) is 0 Å². The smallest absolute Gasteiger partial charge is 0.377 e. The Morgan fingerprint density at radius 3 is 2.00 bits per heavy atom. The largest absolute Gasteiger partial charge is 0.501 e. The van der Waals surface area contributed by atoms with E-state index in [2.05, 4.69) is 10.6 Å². The molecule has 0 spiro atoms. The molecule has 0 aromatic heterocycles. The van der Waals surface area contributed by atoms with Gasteiger partial charge in [-0.15, -0.1) is 0 Å². The van der Waals surface area contributed by atoms with Gasteiger partial charge in [-0.3, -0.25) is 0 Å². The van der Waals surface area contributed by atoms with E-state index in [4.69, 9.17) is 24.7 Å². The lowest BCUT2D eigenvalue weighted by molar-refractivity contribution is 0.00473. The molecule has 10 heteroatoms. The Bertz CT molecular complexity index is 392. The Balaban J connectivity index is 4.43. The lowest BCUT2D eigenvalue weighted by Gasteiger charge is -2.34. The lowest BCUT2D eigenvalue weighted by Crippen LogP contribution is -2.50. The third-order valence-corrected chi connectivity index (χ3v) is 6.08. The number of nitrogens with two attached hydrogens (primary N) is 2. The molecule has 6 N–H and O–H groups in total. The molecule has 142 valence electrons. The molecule has 0 saturated carbocycles. The first-order valence-electron chi connectivity index (χ1n) is 8.06. The number of nitrogens with one attached hydrogen (secondary N) is 2. The SMILES string of the molecule is CO[Si](CCCNC(N)=O)(OCCCCNC(N)=O)OC(C)(C)C. The Morgan fingerprint density at radius 2 is 1.54 bits per heavy atom. The maximum Gasteiger partial charge on any atom is 0.501 e. The van der Waals surface area contributed by atoms with Crippen molar-refractivity contribution in [2.45, 2.75) is 51.7 Å². The first-order valence-corrected chi connectivity index (χ1v) is 9.99. The highest BCUT2D eigenvalue weighted by atomic mass is 28.4. The van der Waals surface area contributed by atoms with E-state index in [1.807, 2.05) is 20.8 Å². The molecule has 0 fully saturated rings. The van der Waals surface area contributed by atoms with Gasteiger partial charge in [0.1, 0.15) is 0 Å². The molecule has 1 unspecified atom stereocenters. The van der Waals surface area contributed by atoms with E-state index in [1.54, 1.807) is 7.11 Å². The Morgan fingerprint density at radius 1 is 1.00 bits per heavy atom. The molecule has 0 aromatic rings. The molecule has 0 rings (SSSR count). The molecule has 0 aliphatic carbocycles. The molecule has 24 heavy (non-hydrogen) atoms. The summed E-state index contributed by atoms with van der Waals surface area (Å²) in [6.07, 6.45) is 2.13. The molecule has 0 heterocycles. The van der Waals surface area contributed by atoms with Crippen molar-refractivity contribution in [1.29, 1.82) is 0 Å². The van der Waals surface area contributed by atoms with Crippen molar-refractivity contribution in [3.05, 3.63) is 0 Å². The first kappa shape index (κ1) is 22.6. The third kappa shape index (κ3) is 12.1. The van der Waals surface area contributed by atoms with Gasteiger partial charge in [-0.2, -0.15) is 0 Å². The highest BCUT2D eigenvalue weighted by Gasteiger charge is 2.43. The van der Waals surface area contributed by atoms with Crippen LogP contribution in [0.3, 0.4) is 0 Å². The number of hydrogen-bond acceptors (Lipinski definition) is 5. The fourth-order valence-electron chi connectivity index (χ4n) is 2.00. The fraction of sp³-hybridized carbons (Fsp3) is 0.857. The number of carbonyl (C=O) groups excluding carboxylic acids is 2. The summed E-state index contributed by atoms with van der Waals surface area (Å²) in [6.45, 7) is 7.22. The van der Waals surface area contributed by atoms with Crippen molar-refractivity contribution < 1.29 is 22.9 Å². The summed E-state index contributed by atoms with van der Waals surface area (Å²) in [5.41, 5.74) is 9.65. The predicted molar refractivity (Wildman–Crippen MR) is 93.4 cm³/mol. The van der Waals surface area contributed by atoms with Gasteiger partial charge in [-0.1, -0.05) is 0 Å². The molecule has 4 amide bonds. The number of hydrogen-bond donors (Lipinski definition) is 4. The molecule has 0 aromatic carbocycles. The van der Waals surface area contributed by atoms with Gasteiger partial charge in [0.05, 0.1) is 5.60 Å². The Hall–Kier alpha value is -1.36. The summed E-state index contributed by atoms with van der Waals surface area (Å²) < 4.78 is 17.7. The van der Waals surface area contributed by atoms with E-state index >= 15 is 0 Å². The highest BCUT2D eigenvalue weighted by Crippen LogP contribution is 2.24. The first-order chi connectivity index (χ1) is 11.1. The Kier molecular flexibility index (Phi) is 10.6. The molecule has 1 atom stereocenters. The monoisotopic (exact) mass is 364 g/mol. The van der Waals surface area contributed by atoms with Crippen molar-refractivity contribution in [1.82, 2.24) is 10.6 Å². The minimum Gasteiger partial charge on any atom is -0.377 e. The number of amides is 4. The summed E-state index contributed by atoms with van der Waals surface area (Å²) in [4.78, 5) is 21.3. The quantitative estimate of drug-likeness (QED) is 0.301. The zero-order chi connectivity index (χ0) is 18.6. The van der Waals surface area contributed by atoms with E-state index in [0.29, 0.717) is 32.2 Å². The van der Waals surface area contributed by atoms with Crippen LogP contribution in [-0.4, -0.2) is 53.3 Å². The third-order valence-electron chi connectivity index (χ3n) is 2.92. The number of rotatable bonds is 12. The molecule has 0 aliphatic heterocycles. The standard InChI is InChI=1S/C14H32N4O5Si/c1-14(2,3)23-24(21-4,11-7-9-18-13(16)20)22-10-6-5-8-17-12(15)19/h5-11H2,1-4H3,(H3,15,17,19)(H3,16,18,20). The highest BCUT2D eigenvalue weighted by molar-refractivity contribution is 6.60.